The Kier molecular flexibility index (Phi) is 2.81. The SMILES string of the molecule is O=S(=O)(CCC1CC1)N1CC[C@H](O)C1. The van der Waals surface area contributed by atoms with Crippen molar-refractivity contribution in [2.75, 3.05) is 18.8 Å². The third kappa shape index (κ3) is 2.46. The Balaban J connectivity index is 1.86. The van der Waals surface area contributed by atoms with Gasteiger partial charge in [0.15, 0.2) is 0 Å². The molecule has 4 nitrogen and oxygen atoms in total. The highest BCUT2D eigenvalue weighted by Gasteiger charge is 2.31. The molecule has 5 heteroatoms. The van der Waals surface area contributed by atoms with Crippen LogP contribution in [-0.2, 0) is 10.0 Å². The number of hydrogen-bond acceptors (Lipinski definition) is 3. The first-order valence-corrected chi connectivity index (χ1v) is 6.85. The average molecular weight is 219 g/mol. The molecule has 0 aromatic heterocycles. The fourth-order valence-electron chi connectivity index (χ4n) is 1.81. The summed E-state index contributed by atoms with van der Waals surface area (Å²) >= 11 is 0. The molecule has 14 heavy (non-hydrogen) atoms. The molecule has 1 aliphatic heterocycles. The molecule has 82 valence electrons. The van der Waals surface area contributed by atoms with Crippen molar-refractivity contribution in [3.05, 3.63) is 0 Å². The van der Waals surface area contributed by atoms with Crippen LogP contribution in [-0.4, -0.2) is 42.8 Å². The predicted octanol–water partition coefficient (Wildman–Crippen LogP) is 0.183. The largest absolute Gasteiger partial charge is 0.392 e. The van der Waals surface area contributed by atoms with Crippen LogP contribution in [0.15, 0.2) is 0 Å². The molecule has 0 aromatic rings. The normalized spacial score (nSPS) is 29.6. The van der Waals surface area contributed by atoms with Crippen molar-refractivity contribution in [2.45, 2.75) is 31.8 Å². The number of nitrogens with zero attached hydrogens (tertiary/aromatic N) is 1. The predicted molar refractivity (Wildman–Crippen MR) is 53.3 cm³/mol. The van der Waals surface area contributed by atoms with E-state index >= 15 is 0 Å². The fraction of sp³-hybridized carbons (Fsp3) is 1.00. The second-order valence-corrected chi connectivity index (χ2v) is 6.44. The number of rotatable bonds is 4. The van der Waals surface area contributed by atoms with Crippen molar-refractivity contribution in [2.24, 2.45) is 5.92 Å². The van der Waals surface area contributed by atoms with E-state index in [0.29, 0.717) is 25.4 Å². The Morgan fingerprint density at radius 1 is 1.29 bits per heavy atom. The summed E-state index contributed by atoms with van der Waals surface area (Å²) in [6.45, 7) is 0.793. The lowest BCUT2D eigenvalue weighted by molar-refractivity contribution is 0.189. The summed E-state index contributed by atoms with van der Waals surface area (Å²) in [5.41, 5.74) is 0. The monoisotopic (exact) mass is 219 g/mol. The lowest BCUT2D eigenvalue weighted by Crippen LogP contribution is -2.31. The molecule has 1 atom stereocenters. The molecule has 0 spiro atoms. The van der Waals surface area contributed by atoms with Gasteiger partial charge in [-0.3, -0.25) is 0 Å². The summed E-state index contributed by atoms with van der Waals surface area (Å²) in [5, 5.41) is 9.25. The van der Waals surface area contributed by atoms with Crippen molar-refractivity contribution in [1.82, 2.24) is 4.31 Å². The van der Waals surface area contributed by atoms with E-state index in [1.54, 1.807) is 0 Å². The molecule has 0 aromatic carbocycles. The van der Waals surface area contributed by atoms with Crippen LogP contribution in [0.4, 0.5) is 0 Å². The lowest BCUT2D eigenvalue weighted by atomic mass is 10.3. The number of aliphatic hydroxyl groups is 1. The van der Waals surface area contributed by atoms with Gasteiger partial charge in [0.1, 0.15) is 0 Å². The molecular formula is C9H17NO3S. The van der Waals surface area contributed by atoms with Gasteiger partial charge >= 0.3 is 0 Å². The molecule has 1 saturated heterocycles. The average Bonchev–Trinajstić information content (AvgIpc) is 2.85. The van der Waals surface area contributed by atoms with Gasteiger partial charge in [-0.2, -0.15) is 4.31 Å². The maximum absolute atomic E-state index is 11.7. The Labute approximate surface area is 85.0 Å². The highest BCUT2D eigenvalue weighted by atomic mass is 32.2. The fourth-order valence-corrected chi connectivity index (χ4v) is 3.49. The van der Waals surface area contributed by atoms with Crippen molar-refractivity contribution >= 4 is 10.0 Å². The minimum atomic E-state index is -3.07. The van der Waals surface area contributed by atoms with Crippen LogP contribution in [0.5, 0.6) is 0 Å². The van der Waals surface area contributed by atoms with E-state index in [4.69, 9.17) is 0 Å². The number of aliphatic hydroxyl groups excluding tert-OH is 1. The molecule has 0 amide bonds. The molecule has 2 fully saturated rings. The van der Waals surface area contributed by atoms with Crippen LogP contribution in [0.25, 0.3) is 0 Å². The van der Waals surface area contributed by atoms with Crippen LogP contribution in [0.1, 0.15) is 25.7 Å². The zero-order valence-corrected chi connectivity index (χ0v) is 9.04. The van der Waals surface area contributed by atoms with E-state index in [1.807, 2.05) is 0 Å². The van der Waals surface area contributed by atoms with Gasteiger partial charge in [0.05, 0.1) is 11.9 Å². The van der Waals surface area contributed by atoms with Crippen LogP contribution in [0.3, 0.4) is 0 Å². The highest BCUT2D eigenvalue weighted by Crippen LogP contribution is 2.33. The molecule has 2 rings (SSSR count). The summed E-state index contributed by atoms with van der Waals surface area (Å²) in [4.78, 5) is 0. The standard InChI is InChI=1S/C9H17NO3S/c11-9-3-5-10(7-9)14(12,13)6-4-8-1-2-8/h8-9,11H,1-7H2/t9-/m0/s1. The molecule has 1 heterocycles. The topological polar surface area (TPSA) is 57.6 Å². The first-order valence-electron chi connectivity index (χ1n) is 5.24. The summed E-state index contributed by atoms with van der Waals surface area (Å²) < 4.78 is 24.9. The van der Waals surface area contributed by atoms with Gasteiger partial charge in [-0.25, -0.2) is 8.42 Å². The summed E-state index contributed by atoms with van der Waals surface area (Å²) in [6, 6.07) is 0. The quantitative estimate of drug-likeness (QED) is 0.734. The van der Waals surface area contributed by atoms with E-state index in [0.717, 1.165) is 6.42 Å². The van der Waals surface area contributed by atoms with Gasteiger partial charge in [0.2, 0.25) is 10.0 Å². The third-order valence-corrected chi connectivity index (χ3v) is 4.87. The van der Waals surface area contributed by atoms with Crippen LogP contribution in [0, 0.1) is 5.92 Å². The molecule has 1 saturated carbocycles. The molecule has 0 radical (unpaired) electrons. The maximum Gasteiger partial charge on any atom is 0.214 e. The maximum atomic E-state index is 11.7. The minimum absolute atomic E-state index is 0.268. The van der Waals surface area contributed by atoms with Gasteiger partial charge < -0.3 is 5.11 Å². The first kappa shape index (κ1) is 10.4. The molecule has 1 N–H and O–H groups in total. The Hall–Kier alpha value is -0.130. The zero-order valence-electron chi connectivity index (χ0n) is 8.22. The molecule has 0 unspecified atom stereocenters. The summed E-state index contributed by atoms with van der Waals surface area (Å²) in [6.07, 6.45) is 3.32. The van der Waals surface area contributed by atoms with Crippen LogP contribution >= 0.6 is 0 Å². The second kappa shape index (κ2) is 3.79. The summed E-state index contributed by atoms with van der Waals surface area (Å²) in [7, 11) is -3.07. The summed E-state index contributed by atoms with van der Waals surface area (Å²) in [5.74, 6) is 0.919. The van der Waals surface area contributed by atoms with Gasteiger partial charge in [-0.15, -0.1) is 0 Å². The van der Waals surface area contributed by atoms with E-state index < -0.39 is 16.1 Å². The van der Waals surface area contributed by atoms with E-state index in [1.165, 1.54) is 17.1 Å². The molecular weight excluding hydrogens is 202 g/mol. The van der Waals surface area contributed by atoms with E-state index in [2.05, 4.69) is 0 Å². The van der Waals surface area contributed by atoms with Gasteiger partial charge in [0, 0.05) is 13.1 Å². The molecule has 2 aliphatic rings. The van der Waals surface area contributed by atoms with Crippen molar-refractivity contribution < 1.29 is 13.5 Å². The zero-order chi connectivity index (χ0) is 10.2. The smallest absolute Gasteiger partial charge is 0.214 e. The van der Waals surface area contributed by atoms with Crippen molar-refractivity contribution in [3.8, 4) is 0 Å². The first-order chi connectivity index (χ1) is 6.58. The lowest BCUT2D eigenvalue weighted by Gasteiger charge is -2.15. The number of sulfonamides is 1. The van der Waals surface area contributed by atoms with Crippen LogP contribution in [0.2, 0.25) is 0 Å². The molecule has 0 bridgehead atoms. The Morgan fingerprint density at radius 2 is 2.00 bits per heavy atom. The third-order valence-electron chi connectivity index (χ3n) is 3.00. The van der Waals surface area contributed by atoms with Crippen molar-refractivity contribution in [3.63, 3.8) is 0 Å². The second-order valence-electron chi connectivity index (χ2n) is 4.35. The van der Waals surface area contributed by atoms with Crippen molar-refractivity contribution in [1.29, 1.82) is 0 Å². The Bertz CT molecular complexity index is 297. The van der Waals surface area contributed by atoms with Gasteiger partial charge in [-0.1, -0.05) is 12.8 Å². The van der Waals surface area contributed by atoms with Gasteiger partial charge in [-0.05, 0) is 18.8 Å². The van der Waals surface area contributed by atoms with E-state index in [9.17, 15) is 13.5 Å². The molecule has 1 aliphatic carbocycles. The van der Waals surface area contributed by atoms with E-state index in [-0.39, 0.29) is 5.75 Å². The Morgan fingerprint density at radius 3 is 2.50 bits per heavy atom. The van der Waals surface area contributed by atoms with Gasteiger partial charge in [0.25, 0.3) is 0 Å². The number of hydrogen-bond donors (Lipinski definition) is 1. The highest BCUT2D eigenvalue weighted by molar-refractivity contribution is 7.89. The minimum Gasteiger partial charge on any atom is -0.392 e. The number of β-amino-alcohol motifs (C(OH)–C–C–N with tert-alkyl or cyclic N) is 1. The van der Waals surface area contributed by atoms with Crippen LogP contribution < -0.4 is 0 Å².